The van der Waals surface area contributed by atoms with Crippen molar-refractivity contribution in [1.82, 2.24) is 10.0 Å². The Morgan fingerprint density at radius 1 is 1.19 bits per heavy atom. The van der Waals surface area contributed by atoms with E-state index in [0.717, 1.165) is 30.5 Å². The van der Waals surface area contributed by atoms with Gasteiger partial charge in [-0.05, 0) is 49.1 Å². The van der Waals surface area contributed by atoms with Gasteiger partial charge in [0.05, 0.1) is 6.26 Å². The van der Waals surface area contributed by atoms with E-state index >= 15 is 0 Å². The molecule has 0 amide bonds. The van der Waals surface area contributed by atoms with Crippen LogP contribution in [0.1, 0.15) is 18.4 Å². The molecule has 4 nitrogen and oxygen atoms in total. The maximum Gasteiger partial charge on any atom is 0.209 e. The van der Waals surface area contributed by atoms with E-state index < -0.39 is 10.0 Å². The third-order valence-corrected chi connectivity index (χ3v) is 5.25. The summed E-state index contributed by atoms with van der Waals surface area (Å²) in [5.41, 5.74) is 2.39. The average molecular weight is 399 g/mol. The first-order valence-corrected chi connectivity index (χ1v) is 10.4. The van der Waals surface area contributed by atoms with E-state index in [4.69, 9.17) is 0 Å². The molecule has 0 bridgehead atoms. The third kappa shape index (κ3) is 5.51. The smallest absolute Gasteiger partial charge is 0.209 e. The van der Waals surface area contributed by atoms with Crippen molar-refractivity contribution in [2.24, 2.45) is 0 Å². The van der Waals surface area contributed by atoms with Gasteiger partial charge in [0.2, 0.25) is 10.0 Å². The quantitative estimate of drug-likeness (QED) is 0.813. The number of benzene rings is 2. The third-order valence-electron chi connectivity index (χ3n) is 4.52. The predicted molar refractivity (Wildman–Crippen MR) is 106 cm³/mol. The molecule has 1 heterocycles. The maximum atomic E-state index is 14.2. The first-order chi connectivity index (χ1) is 11.9. The number of rotatable bonds is 5. The van der Waals surface area contributed by atoms with Crippen LogP contribution in [0.2, 0.25) is 0 Å². The van der Waals surface area contributed by atoms with Crippen LogP contribution in [0.15, 0.2) is 48.5 Å². The molecule has 2 N–H and O–H groups in total. The van der Waals surface area contributed by atoms with Crippen LogP contribution < -0.4 is 10.0 Å². The minimum atomic E-state index is -3.26. The zero-order chi connectivity index (χ0) is 17.9. The van der Waals surface area contributed by atoms with E-state index in [9.17, 15) is 12.8 Å². The number of halogens is 2. The number of piperidine rings is 1. The Labute approximate surface area is 160 Å². The summed E-state index contributed by atoms with van der Waals surface area (Å²) in [6.45, 7) is 0.860. The van der Waals surface area contributed by atoms with E-state index in [1.165, 1.54) is 12.3 Å². The van der Waals surface area contributed by atoms with Gasteiger partial charge in [0, 0.05) is 17.6 Å². The van der Waals surface area contributed by atoms with E-state index in [1.807, 2.05) is 36.4 Å². The molecule has 26 heavy (non-hydrogen) atoms. The Morgan fingerprint density at radius 2 is 1.92 bits per heavy atom. The van der Waals surface area contributed by atoms with Gasteiger partial charge in [0.25, 0.3) is 0 Å². The molecule has 2 aromatic rings. The molecule has 3 rings (SSSR count). The molecule has 2 aromatic carbocycles. The van der Waals surface area contributed by atoms with Gasteiger partial charge in [-0.2, -0.15) is 0 Å². The molecule has 0 radical (unpaired) electrons. The highest BCUT2D eigenvalue weighted by Gasteiger charge is 2.27. The van der Waals surface area contributed by atoms with Gasteiger partial charge in [-0.25, -0.2) is 17.5 Å². The van der Waals surface area contributed by atoms with E-state index in [-0.39, 0.29) is 30.3 Å². The van der Waals surface area contributed by atoms with Crippen molar-refractivity contribution < 1.29 is 12.8 Å². The van der Waals surface area contributed by atoms with Gasteiger partial charge in [0.15, 0.2) is 0 Å². The van der Waals surface area contributed by atoms with E-state index in [0.29, 0.717) is 12.0 Å². The lowest BCUT2D eigenvalue weighted by molar-refractivity contribution is 0.329. The number of sulfonamides is 1. The highest BCUT2D eigenvalue weighted by atomic mass is 35.5. The summed E-state index contributed by atoms with van der Waals surface area (Å²) in [4.78, 5) is 0. The summed E-state index contributed by atoms with van der Waals surface area (Å²) in [5, 5.41) is 3.39. The second kappa shape index (κ2) is 8.95. The standard InChI is InChI=1S/C19H23FN2O2S.ClH/c1-25(23,24)22-18-8-5-11-21-19(18)13-14-9-10-17(20)16(12-14)15-6-3-2-4-7-15;/h2-4,6-7,9-10,12,18-19,21-22H,5,8,11,13H2,1H3;1H. The lowest BCUT2D eigenvalue weighted by atomic mass is 9.92. The minimum Gasteiger partial charge on any atom is -0.312 e. The highest BCUT2D eigenvalue weighted by Crippen LogP contribution is 2.25. The minimum absolute atomic E-state index is 0. The summed E-state index contributed by atoms with van der Waals surface area (Å²) in [6.07, 6.45) is 3.57. The molecule has 0 aliphatic carbocycles. The van der Waals surface area contributed by atoms with Crippen LogP contribution in [0.4, 0.5) is 4.39 Å². The van der Waals surface area contributed by atoms with Crippen molar-refractivity contribution in [2.45, 2.75) is 31.3 Å². The van der Waals surface area contributed by atoms with Crippen LogP contribution in [-0.2, 0) is 16.4 Å². The lowest BCUT2D eigenvalue weighted by Gasteiger charge is -2.33. The van der Waals surface area contributed by atoms with Crippen molar-refractivity contribution in [3.05, 3.63) is 59.9 Å². The summed E-state index contributed by atoms with van der Waals surface area (Å²) in [5.74, 6) is -0.252. The zero-order valence-electron chi connectivity index (χ0n) is 14.6. The fourth-order valence-electron chi connectivity index (χ4n) is 3.38. The fourth-order valence-corrected chi connectivity index (χ4v) is 4.21. The summed E-state index contributed by atoms with van der Waals surface area (Å²) < 4.78 is 40.1. The van der Waals surface area contributed by atoms with Gasteiger partial charge in [-0.1, -0.05) is 36.4 Å². The van der Waals surface area contributed by atoms with E-state index in [2.05, 4.69) is 10.0 Å². The molecular weight excluding hydrogens is 375 g/mol. The second-order valence-corrected chi connectivity index (χ2v) is 8.36. The maximum absolute atomic E-state index is 14.2. The first-order valence-electron chi connectivity index (χ1n) is 8.47. The summed E-state index contributed by atoms with van der Waals surface area (Å²) in [7, 11) is -3.26. The van der Waals surface area contributed by atoms with Gasteiger partial charge in [-0.3, -0.25) is 0 Å². The van der Waals surface area contributed by atoms with Crippen LogP contribution in [-0.4, -0.2) is 33.3 Å². The molecule has 0 aromatic heterocycles. The monoisotopic (exact) mass is 398 g/mol. The van der Waals surface area contributed by atoms with Crippen molar-refractivity contribution in [2.75, 3.05) is 12.8 Å². The fraction of sp³-hybridized carbons (Fsp3) is 0.368. The van der Waals surface area contributed by atoms with Crippen molar-refractivity contribution in [3.63, 3.8) is 0 Å². The van der Waals surface area contributed by atoms with Crippen molar-refractivity contribution >= 4 is 22.4 Å². The topological polar surface area (TPSA) is 58.2 Å². The Morgan fingerprint density at radius 3 is 2.62 bits per heavy atom. The Bertz CT molecular complexity index is 831. The second-order valence-electron chi connectivity index (χ2n) is 6.58. The van der Waals surface area contributed by atoms with Crippen LogP contribution in [0, 0.1) is 5.82 Å². The van der Waals surface area contributed by atoms with Crippen molar-refractivity contribution in [1.29, 1.82) is 0 Å². The normalized spacial score (nSPS) is 20.4. The molecule has 0 saturated carbocycles. The number of nitrogens with one attached hydrogen (secondary N) is 2. The Hall–Kier alpha value is -1.47. The van der Waals surface area contributed by atoms with E-state index in [1.54, 1.807) is 6.07 Å². The van der Waals surface area contributed by atoms with Crippen LogP contribution in [0.5, 0.6) is 0 Å². The molecule has 2 unspecified atom stereocenters. The average Bonchev–Trinajstić information content (AvgIpc) is 2.58. The Balaban J connectivity index is 0.00000243. The lowest BCUT2D eigenvalue weighted by Crippen LogP contribution is -2.54. The molecule has 142 valence electrons. The number of hydrogen-bond acceptors (Lipinski definition) is 3. The molecule has 1 saturated heterocycles. The molecular formula is C19H24ClFN2O2S. The van der Waals surface area contributed by atoms with Crippen LogP contribution in [0.3, 0.4) is 0 Å². The molecule has 1 aliphatic rings. The zero-order valence-corrected chi connectivity index (χ0v) is 16.2. The van der Waals surface area contributed by atoms with Gasteiger partial charge in [-0.15, -0.1) is 12.4 Å². The highest BCUT2D eigenvalue weighted by molar-refractivity contribution is 7.88. The summed E-state index contributed by atoms with van der Waals surface area (Å²) in [6, 6.07) is 14.4. The van der Waals surface area contributed by atoms with Crippen LogP contribution >= 0.6 is 12.4 Å². The Kier molecular flexibility index (Phi) is 7.17. The van der Waals surface area contributed by atoms with Crippen molar-refractivity contribution in [3.8, 4) is 11.1 Å². The van der Waals surface area contributed by atoms with Gasteiger partial charge in [0.1, 0.15) is 5.82 Å². The number of hydrogen-bond donors (Lipinski definition) is 2. The summed E-state index contributed by atoms with van der Waals surface area (Å²) >= 11 is 0. The molecule has 2 atom stereocenters. The molecule has 7 heteroatoms. The molecule has 1 aliphatic heterocycles. The molecule has 0 spiro atoms. The van der Waals surface area contributed by atoms with Gasteiger partial charge < -0.3 is 5.32 Å². The predicted octanol–water partition coefficient (Wildman–Crippen LogP) is 3.13. The largest absolute Gasteiger partial charge is 0.312 e. The SMILES string of the molecule is CS(=O)(=O)NC1CCCNC1Cc1ccc(F)c(-c2ccccc2)c1.Cl. The first kappa shape index (κ1) is 20.8. The molecule has 1 fully saturated rings. The van der Waals surface area contributed by atoms with Crippen LogP contribution in [0.25, 0.3) is 11.1 Å². The van der Waals surface area contributed by atoms with Gasteiger partial charge >= 0.3 is 0 Å².